The van der Waals surface area contributed by atoms with Crippen LogP contribution in [-0.4, -0.2) is 6.08 Å². The van der Waals surface area contributed by atoms with E-state index >= 15 is 0 Å². The average Bonchev–Trinajstić information content (AvgIpc) is 1.37. The van der Waals surface area contributed by atoms with Gasteiger partial charge in [0.25, 0.3) is 6.08 Å². The van der Waals surface area contributed by atoms with E-state index in [1.165, 1.54) is 0 Å². The minimum atomic E-state index is 0.750. The van der Waals surface area contributed by atoms with Crippen molar-refractivity contribution in [2.75, 3.05) is 0 Å². The standard InChI is InChI=1S/CNO2/c3-1-2-4. The summed E-state index contributed by atoms with van der Waals surface area (Å²) in [4.78, 5) is 8.57. The number of carbonyl (C=O) groups excluding carboxylic acids is 1. The van der Waals surface area contributed by atoms with Gasteiger partial charge in [0.2, 0.25) is 0 Å². The summed E-state index contributed by atoms with van der Waals surface area (Å²) in [5.41, 5.74) is 0. The molecule has 0 N–H and O–H groups in total. The maximum Gasteiger partial charge on any atom is 0.281 e. The molecule has 0 saturated carbocycles. The molecule has 0 rings (SSSR count). The summed E-state index contributed by atoms with van der Waals surface area (Å²) >= 11 is 0. The number of hydrogen-bond donors (Lipinski definition) is 0. The molecule has 0 aromatic rings. The van der Waals surface area contributed by atoms with Crippen LogP contribution in [0.5, 0.6) is 0 Å². The summed E-state index contributed by atoms with van der Waals surface area (Å²) in [6.45, 7) is 0. The highest BCUT2D eigenvalue weighted by Gasteiger charge is 1.37. The van der Waals surface area contributed by atoms with E-state index in [1.807, 2.05) is 0 Å². The molecular weight excluding hydrogens is 58.0 g/mol. The van der Waals surface area contributed by atoms with E-state index in [4.69, 9.17) is 10.0 Å². The number of isocyanates is 1. The highest BCUT2D eigenvalue weighted by atomic mass is 16.4. The van der Waals surface area contributed by atoms with Crippen LogP contribution in [0.4, 0.5) is 0 Å². The van der Waals surface area contributed by atoms with Crippen LogP contribution >= 0.6 is 0 Å². The van der Waals surface area contributed by atoms with E-state index in [0.717, 1.165) is 6.08 Å². The van der Waals surface area contributed by atoms with Gasteiger partial charge in [-0.2, -0.15) is 0 Å². The SMILES string of the molecule is [O]N=C=O. The zero-order valence-electron chi connectivity index (χ0n) is 1.76. The maximum atomic E-state index is 8.57. The molecule has 0 aromatic heterocycles. The molecule has 0 unspecified atom stereocenters. The molecule has 0 spiro atoms. The van der Waals surface area contributed by atoms with Gasteiger partial charge in [-0.3, -0.25) is 0 Å². The Hall–Kier alpha value is -0.820. The number of rotatable bonds is 0. The Bertz CT molecular complexity index is 44.0. The second-order valence-corrected chi connectivity index (χ2v) is 0.183. The summed E-state index contributed by atoms with van der Waals surface area (Å²) in [7, 11) is 0. The lowest BCUT2D eigenvalue weighted by molar-refractivity contribution is 0.207. The Morgan fingerprint density at radius 1 is 1.75 bits per heavy atom. The lowest BCUT2D eigenvalue weighted by atomic mass is 11.7. The molecule has 0 aromatic carbocycles. The second-order valence-electron chi connectivity index (χ2n) is 0.183. The molecule has 0 aliphatic carbocycles. The van der Waals surface area contributed by atoms with Gasteiger partial charge in [-0.15, -0.1) is 5.21 Å². The molecule has 0 saturated heterocycles. The molecule has 0 heterocycles. The minimum Gasteiger partial charge on any atom is -0.208 e. The zero-order chi connectivity index (χ0) is 3.41. The van der Waals surface area contributed by atoms with Gasteiger partial charge >= 0.3 is 0 Å². The van der Waals surface area contributed by atoms with Gasteiger partial charge in [0, 0.05) is 0 Å². The quantitative estimate of drug-likeness (QED) is 0.214. The first-order valence-electron chi connectivity index (χ1n) is 0.610. The molecular formula is CNO2. The fraction of sp³-hybridized carbons (Fsp3) is 0. The fourth-order valence-electron chi connectivity index (χ4n) is 0. The van der Waals surface area contributed by atoms with Crippen LogP contribution in [0.1, 0.15) is 0 Å². The summed E-state index contributed by atoms with van der Waals surface area (Å²) < 4.78 is 0. The molecule has 1 radical (unpaired) electrons. The Kier molecular flexibility index (Phi) is 1.73. The van der Waals surface area contributed by atoms with Gasteiger partial charge in [0.1, 0.15) is 0 Å². The van der Waals surface area contributed by atoms with E-state index in [-0.39, 0.29) is 0 Å². The van der Waals surface area contributed by atoms with Gasteiger partial charge < -0.3 is 0 Å². The smallest absolute Gasteiger partial charge is 0.208 e. The molecule has 0 fully saturated rings. The third-order valence-corrected chi connectivity index (χ3v) is 0.0373. The summed E-state index contributed by atoms with van der Waals surface area (Å²) in [6.07, 6.45) is 0.750. The molecule has 3 nitrogen and oxygen atoms in total. The summed E-state index contributed by atoms with van der Waals surface area (Å²) in [6, 6.07) is 0. The molecule has 21 valence electrons. The Balaban J connectivity index is 3.11. The fourth-order valence-corrected chi connectivity index (χ4v) is 0. The summed E-state index contributed by atoms with van der Waals surface area (Å²) in [5, 5.41) is 10.2. The maximum absolute atomic E-state index is 8.57. The van der Waals surface area contributed by atoms with Gasteiger partial charge in [0.15, 0.2) is 0 Å². The van der Waals surface area contributed by atoms with E-state index in [0.29, 0.717) is 0 Å². The number of hydrogen-bond acceptors (Lipinski definition) is 2. The van der Waals surface area contributed by atoms with Crippen LogP contribution in [0.25, 0.3) is 0 Å². The van der Waals surface area contributed by atoms with Crippen LogP contribution in [0, 0.1) is 0 Å². The van der Waals surface area contributed by atoms with E-state index in [9.17, 15) is 0 Å². The van der Waals surface area contributed by atoms with Crippen molar-refractivity contribution in [3.63, 3.8) is 0 Å². The summed E-state index contributed by atoms with van der Waals surface area (Å²) in [5.74, 6) is 0. The van der Waals surface area contributed by atoms with Crippen LogP contribution in [-0.2, 0) is 10.0 Å². The lowest BCUT2D eigenvalue weighted by Gasteiger charge is -1.27. The van der Waals surface area contributed by atoms with Gasteiger partial charge in [-0.25, -0.2) is 4.79 Å². The van der Waals surface area contributed by atoms with Crippen molar-refractivity contribution >= 4 is 6.08 Å². The molecule has 0 bridgehead atoms. The Morgan fingerprint density at radius 2 is 2.00 bits per heavy atom. The molecule has 0 aliphatic rings. The monoisotopic (exact) mass is 58.0 g/mol. The molecule has 4 heavy (non-hydrogen) atoms. The second kappa shape index (κ2) is 2.18. The minimum absolute atomic E-state index is 0.750. The van der Waals surface area contributed by atoms with Crippen molar-refractivity contribution in [2.45, 2.75) is 0 Å². The largest absolute Gasteiger partial charge is 0.281 e. The lowest BCUT2D eigenvalue weighted by Crippen LogP contribution is -1.36. The molecule has 0 atom stereocenters. The van der Waals surface area contributed by atoms with Crippen LogP contribution in [0.3, 0.4) is 0 Å². The first kappa shape index (κ1) is 3.18. The van der Waals surface area contributed by atoms with Gasteiger partial charge in [0.05, 0.1) is 5.16 Å². The predicted octanol–water partition coefficient (Wildman–Crippen LogP) is -0.332. The average molecular weight is 58.0 g/mol. The predicted molar refractivity (Wildman–Crippen MR) is 8.81 cm³/mol. The first-order valence-corrected chi connectivity index (χ1v) is 0.610. The van der Waals surface area contributed by atoms with Crippen molar-refractivity contribution in [1.29, 1.82) is 0 Å². The van der Waals surface area contributed by atoms with Gasteiger partial charge in [-0.05, 0) is 0 Å². The highest BCUT2D eigenvalue weighted by Crippen LogP contribution is 1.30. The molecule has 3 heteroatoms. The topological polar surface area (TPSA) is 49.3 Å². The van der Waals surface area contributed by atoms with Crippen molar-refractivity contribution in [1.82, 2.24) is 0 Å². The van der Waals surface area contributed by atoms with Gasteiger partial charge in [-0.1, -0.05) is 0 Å². The number of nitrogens with zero attached hydrogens (tertiary/aromatic N) is 1. The van der Waals surface area contributed by atoms with Crippen molar-refractivity contribution < 1.29 is 10.0 Å². The molecule has 0 amide bonds. The Morgan fingerprint density at radius 3 is 2.00 bits per heavy atom. The van der Waals surface area contributed by atoms with E-state index in [2.05, 4.69) is 0 Å². The van der Waals surface area contributed by atoms with E-state index < -0.39 is 0 Å². The molecule has 0 aliphatic heterocycles. The zero-order valence-corrected chi connectivity index (χ0v) is 1.76. The Labute approximate surface area is 22.5 Å². The third-order valence-electron chi connectivity index (χ3n) is 0.0373. The van der Waals surface area contributed by atoms with Crippen LogP contribution in [0.2, 0.25) is 0 Å². The van der Waals surface area contributed by atoms with Crippen molar-refractivity contribution in [2.24, 2.45) is 5.16 Å². The van der Waals surface area contributed by atoms with Crippen LogP contribution in [0.15, 0.2) is 5.16 Å². The van der Waals surface area contributed by atoms with E-state index in [1.54, 1.807) is 5.16 Å². The normalized spacial score (nSPS) is 4.00. The van der Waals surface area contributed by atoms with Crippen molar-refractivity contribution in [3.05, 3.63) is 0 Å². The van der Waals surface area contributed by atoms with Crippen LogP contribution < -0.4 is 0 Å². The third kappa shape index (κ3) is 1.18. The van der Waals surface area contributed by atoms with Crippen molar-refractivity contribution in [3.8, 4) is 0 Å². The highest BCUT2D eigenvalue weighted by molar-refractivity contribution is 5.30. The first-order chi connectivity index (χ1) is 1.91.